The highest BCUT2D eigenvalue weighted by Crippen LogP contribution is 2.35. The van der Waals surface area contributed by atoms with Crippen molar-refractivity contribution in [3.05, 3.63) is 54.6 Å². The minimum atomic E-state index is 0.574. The molecule has 1 saturated heterocycles. The molecule has 2 aromatic heterocycles. The van der Waals surface area contributed by atoms with Crippen LogP contribution in [0.3, 0.4) is 0 Å². The fraction of sp³-hybridized carbons (Fsp3) is 0.316. The van der Waals surface area contributed by atoms with Crippen molar-refractivity contribution in [2.75, 3.05) is 25.1 Å². The first-order valence-corrected chi connectivity index (χ1v) is 8.29. The van der Waals surface area contributed by atoms with E-state index in [1.165, 1.54) is 5.56 Å². The van der Waals surface area contributed by atoms with Gasteiger partial charge in [-0.3, -0.25) is 4.98 Å². The van der Waals surface area contributed by atoms with Crippen LogP contribution in [0.4, 0.5) is 5.82 Å². The Hall–Kier alpha value is -2.69. The number of methoxy groups -OCH3 is 1. The average Bonchev–Trinajstić information content (AvgIpc) is 2.68. The Morgan fingerprint density at radius 1 is 1.08 bits per heavy atom. The molecule has 1 aromatic carbocycles. The van der Waals surface area contributed by atoms with E-state index >= 15 is 0 Å². The first-order valence-electron chi connectivity index (χ1n) is 8.29. The van der Waals surface area contributed by atoms with Crippen LogP contribution in [0.25, 0.3) is 10.9 Å². The number of hydrogen-bond donors (Lipinski definition) is 0. The van der Waals surface area contributed by atoms with Crippen LogP contribution >= 0.6 is 0 Å². The Bertz CT molecular complexity index is 824. The monoisotopic (exact) mass is 320 g/mol. The van der Waals surface area contributed by atoms with Crippen molar-refractivity contribution in [3.8, 4) is 5.75 Å². The van der Waals surface area contributed by atoms with Gasteiger partial charge in [0.1, 0.15) is 17.9 Å². The van der Waals surface area contributed by atoms with Gasteiger partial charge in [-0.2, -0.15) is 0 Å². The minimum absolute atomic E-state index is 0.574. The Kier molecular flexibility index (Phi) is 3.99. The predicted octanol–water partition coefficient (Wildman–Crippen LogP) is 3.42. The van der Waals surface area contributed by atoms with Gasteiger partial charge in [-0.05, 0) is 42.5 Å². The summed E-state index contributed by atoms with van der Waals surface area (Å²) < 4.78 is 5.53. The first-order chi connectivity index (χ1) is 11.9. The van der Waals surface area contributed by atoms with Gasteiger partial charge in [0.05, 0.1) is 18.0 Å². The summed E-state index contributed by atoms with van der Waals surface area (Å²) in [4.78, 5) is 15.5. The van der Waals surface area contributed by atoms with E-state index in [1.807, 2.05) is 36.7 Å². The second kappa shape index (κ2) is 6.43. The molecule has 0 bridgehead atoms. The smallest absolute Gasteiger partial charge is 0.143 e. The molecule has 0 unspecified atom stereocenters. The summed E-state index contributed by atoms with van der Waals surface area (Å²) in [6, 6.07) is 10.1. The fourth-order valence-corrected chi connectivity index (χ4v) is 3.51. The zero-order valence-electron chi connectivity index (χ0n) is 13.7. The van der Waals surface area contributed by atoms with Crippen LogP contribution in [0, 0.1) is 0 Å². The molecule has 3 aromatic rings. The van der Waals surface area contributed by atoms with Crippen molar-refractivity contribution in [1.82, 2.24) is 15.0 Å². The molecule has 5 nitrogen and oxygen atoms in total. The number of nitrogens with zero attached hydrogens (tertiary/aromatic N) is 4. The Labute approximate surface area is 141 Å². The number of anilines is 1. The SMILES string of the molecule is COc1cccc2ncnc(N3CCC(c4cccnc4)CC3)c12. The van der Waals surface area contributed by atoms with E-state index < -0.39 is 0 Å². The number of pyridine rings is 1. The van der Waals surface area contributed by atoms with Gasteiger partial charge in [0.25, 0.3) is 0 Å². The lowest BCUT2D eigenvalue weighted by Crippen LogP contribution is -2.33. The van der Waals surface area contributed by atoms with Gasteiger partial charge in [-0.25, -0.2) is 9.97 Å². The number of benzene rings is 1. The fourth-order valence-electron chi connectivity index (χ4n) is 3.51. The number of rotatable bonds is 3. The average molecular weight is 320 g/mol. The molecular formula is C19H20N4O. The van der Waals surface area contributed by atoms with E-state index in [2.05, 4.69) is 25.9 Å². The van der Waals surface area contributed by atoms with Crippen LogP contribution in [-0.4, -0.2) is 35.2 Å². The maximum Gasteiger partial charge on any atom is 0.143 e. The van der Waals surface area contributed by atoms with E-state index in [9.17, 15) is 0 Å². The van der Waals surface area contributed by atoms with Crippen LogP contribution in [0.2, 0.25) is 0 Å². The summed E-state index contributed by atoms with van der Waals surface area (Å²) in [5.41, 5.74) is 2.26. The molecule has 0 aliphatic carbocycles. The highest BCUT2D eigenvalue weighted by Gasteiger charge is 2.23. The molecule has 1 fully saturated rings. The number of fused-ring (bicyclic) bond motifs is 1. The second-order valence-corrected chi connectivity index (χ2v) is 6.10. The molecule has 3 heterocycles. The zero-order valence-corrected chi connectivity index (χ0v) is 13.7. The summed E-state index contributed by atoms with van der Waals surface area (Å²) in [6.07, 6.45) is 7.67. The summed E-state index contributed by atoms with van der Waals surface area (Å²) in [5.74, 6) is 2.38. The van der Waals surface area contributed by atoms with Crippen molar-refractivity contribution in [2.24, 2.45) is 0 Å². The normalized spacial score (nSPS) is 15.6. The molecule has 0 amide bonds. The van der Waals surface area contributed by atoms with Crippen LogP contribution in [0.1, 0.15) is 24.3 Å². The molecule has 24 heavy (non-hydrogen) atoms. The van der Waals surface area contributed by atoms with Crippen molar-refractivity contribution in [2.45, 2.75) is 18.8 Å². The molecule has 0 saturated carbocycles. The van der Waals surface area contributed by atoms with E-state index in [4.69, 9.17) is 4.74 Å². The highest BCUT2D eigenvalue weighted by molar-refractivity contribution is 5.94. The molecule has 0 radical (unpaired) electrons. The van der Waals surface area contributed by atoms with Gasteiger partial charge in [-0.1, -0.05) is 12.1 Å². The van der Waals surface area contributed by atoms with Crippen LogP contribution in [-0.2, 0) is 0 Å². The predicted molar refractivity (Wildman–Crippen MR) is 94.5 cm³/mol. The molecule has 5 heteroatoms. The summed E-state index contributed by atoms with van der Waals surface area (Å²) in [7, 11) is 1.69. The lowest BCUT2D eigenvalue weighted by atomic mass is 9.90. The second-order valence-electron chi connectivity index (χ2n) is 6.10. The quantitative estimate of drug-likeness (QED) is 0.740. The highest BCUT2D eigenvalue weighted by atomic mass is 16.5. The van der Waals surface area contributed by atoms with Gasteiger partial charge in [-0.15, -0.1) is 0 Å². The third-order valence-corrected chi connectivity index (χ3v) is 4.77. The Balaban J connectivity index is 1.61. The van der Waals surface area contributed by atoms with E-state index in [1.54, 1.807) is 13.4 Å². The molecule has 0 spiro atoms. The van der Waals surface area contributed by atoms with Gasteiger partial charge in [0.15, 0.2) is 0 Å². The van der Waals surface area contributed by atoms with E-state index in [0.717, 1.165) is 48.4 Å². The summed E-state index contributed by atoms with van der Waals surface area (Å²) in [6.45, 7) is 1.95. The number of hydrogen-bond acceptors (Lipinski definition) is 5. The topological polar surface area (TPSA) is 51.1 Å². The lowest BCUT2D eigenvalue weighted by Gasteiger charge is -2.33. The molecule has 1 aliphatic heterocycles. The molecule has 4 rings (SSSR count). The maximum atomic E-state index is 5.53. The molecule has 0 N–H and O–H groups in total. The first kappa shape index (κ1) is 14.9. The van der Waals surface area contributed by atoms with Crippen molar-refractivity contribution >= 4 is 16.7 Å². The van der Waals surface area contributed by atoms with Crippen molar-refractivity contribution in [3.63, 3.8) is 0 Å². The number of ether oxygens (including phenoxy) is 1. The molecule has 1 aliphatic rings. The summed E-state index contributed by atoms with van der Waals surface area (Å²) in [5, 5.41) is 1.00. The van der Waals surface area contributed by atoms with Gasteiger partial charge in [0.2, 0.25) is 0 Å². The third-order valence-electron chi connectivity index (χ3n) is 4.77. The van der Waals surface area contributed by atoms with Gasteiger partial charge in [0, 0.05) is 25.5 Å². The molecule has 122 valence electrons. The summed E-state index contributed by atoms with van der Waals surface area (Å²) >= 11 is 0. The minimum Gasteiger partial charge on any atom is -0.496 e. The van der Waals surface area contributed by atoms with Crippen LogP contribution in [0.5, 0.6) is 5.75 Å². The van der Waals surface area contributed by atoms with E-state index in [0.29, 0.717) is 5.92 Å². The van der Waals surface area contributed by atoms with Crippen LogP contribution < -0.4 is 9.64 Å². The standard InChI is InChI=1S/C19H20N4O/c1-24-17-6-2-5-16-18(17)19(22-13-21-16)23-10-7-14(8-11-23)15-4-3-9-20-12-15/h2-6,9,12-14H,7-8,10-11H2,1H3. The lowest BCUT2D eigenvalue weighted by molar-refractivity contribution is 0.419. The van der Waals surface area contributed by atoms with Crippen molar-refractivity contribution in [1.29, 1.82) is 0 Å². The Morgan fingerprint density at radius 3 is 2.71 bits per heavy atom. The largest absolute Gasteiger partial charge is 0.496 e. The van der Waals surface area contributed by atoms with Gasteiger partial charge < -0.3 is 9.64 Å². The number of piperidine rings is 1. The molecular weight excluding hydrogens is 300 g/mol. The van der Waals surface area contributed by atoms with E-state index in [-0.39, 0.29) is 0 Å². The van der Waals surface area contributed by atoms with Crippen molar-refractivity contribution < 1.29 is 4.74 Å². The maximum absolute atomic E-state index is 5.53. The van der Waals surface area contributed by atoms with Gasteiger partial charge >= 0.3 is 0 Å². The molecule has 0 atom stereocenters. The van der Waals surface area contributed by atoms with Crippen LogP contribution in [0.15, 0.2) is 49.1 Å². The Morgan fingerprint density at radius 2 is 1.96 bits per heavy atom. The number of aromatic nitrogens is 3. The zero-order chi connectivity index (χ0) is 16.4. The third kappa shape index (κ3) is 2.66.